The minimum atomic E-state index is -1.37. The number of aromatic nitrogens is 2. The first-order valence-electron chi connectivity index (χ1n) is 5.58. The summed E-state index contributed by atoms with van der Waals surface area (Å²) in [5, 5.41) is 22.5. The Hall–Kier alpha value is -3.03. The van der Waals surface area contributed by atoms with Gasteiger partial charge in [-0.2, -0.15) is 0 Å². The molecule has 2 heterocycles. The molecule has 0 unspecified atom stereocenters. The second-order valence-corrected chi connectivity index (χ2v) is 3.86. The number of carboxylic acids is 1. The number of pyridine rings is 2. The van der Waals surface area contributed by atoms with Crippen molar-refractivity contribution < 1.29 is 14.8 Å². The highest BCUT2D eigenvalue weighted by atomic mass is 16.6. The Labute approximate surface area is 113 Å². The second-order valence-electron chi connectivity index (χ2n) is 3.86. The Kier molecular flexibility index (Phi) is 3.85. The van der Waals surface area contributed by atoms with Crippen LogP contribution in [0.2, 0.25) is 0 Å². The van der Waals surface area contributed by atoms with Crippen molar-refractivity contribution in [3.63, 3.8) is 0 Å². The zero-order chi connectivity index (χ0) is 14.5. The van der Waals surface area contributed by atoms with E-state index in [1.807, 2.05) is 6.07 Å². The highest BCUT2D eigenvalue weighted by Crippen LogP contribution is 2.20. The van der Waals surface area contributed by atoms with E-state index in [-0.39, 0.29) is 5.82 Å². The predicted octanol–water partition coefficient (Wildman–Crippen LogP) is 1.70. The van der Waals surface area contributed by atoms with Crippen molar-refractivity contribution in [1.29, 1.82) is 0 Å². The van der Waals surface area contributed by atoms with Crippen LogP contribution < -0.4 is 5.32 Å². The number of anilines is 1. The summed E-state index contributed by atoms with van der Waals surface area (Å²) in [5.74, 6) is -1.12. The summed E-state index contributed by atoms with van der Waals surface area (Å²) in [5.41, 5.74) is -0.0624. The van der Waals surface area contributed by atoms with E-state index in [4.69, 9.17) is 5.11 Å². The van der Waals surface area contributed by atoms with Crippen molar-refractivity contribution in [3.05, 3.63) is 58.0 Å². The fourth-order valence-electron chi connectivity index (χ4n) is 1.56. The molecule has 0 aliphatic carbocycles. The molecule has 2 aromatic heterocycles. The summed E-state index contributed by atoms with van der Waals surface area (Å²) >= 11 is 0. The van der Waals surface area contributed by atoms with Gasteiger partial charge < -0.3 is 10.4 Å². The Morgan fingerprint density at radius 2 is 2.25 bits per heavy atom. The molecule has 0 atom stereocenters. The highest BCUT2D eigenvalue weighted by Gasteiger charge is 2.20. The zero-order valence-electron chi connectivity index (χ0n) is 10.2. The quantitative estimate of drug-likeness (QED) is 0.629. The Morgan fingerprint density at radius 1 is 1.45 bits per heavy atom. The van der Waals surface area contributed by atoms with Crippen molar-refractivity contribution in [2.45, 2.75) is 6.54 Å². The minimum absolute atomic E-state index is 0.247. The van der Waals surface area contributed by atoms with Crippen LogP contribution in [0.4, 0.5) is 11.5 Å². The van der Waals surface area contributed by atoms with Crippen LogP contribution >= 0.6 is 0 Å². The normalized spacial score (nSPS) is 10.0. The van der Waals surface area contributed by atoms with Gasteiger partial charge in [0.25, 0.3) is 0 Å². The fourth-order valence-corrected chi connectivity index (χ4v) is 1.56. The molecule has 8 nitrogen and oxygen atoms in total. The van der Waals surface area contributed by atoms with Crippen LogP contribution in [0.15, 0.2) is 36.8 Å². The van der Waals surface area contributed by atoms with Gasteiger partial charge in [-0.1, -0.05) is 6.07 Å². The van der Waals surface area contributed by atoms with Gasteiger partial charge in [-0.15, -0.1) is 0 Å². The third-order valence-electron chi connectivity index (χ3n) is 2.51. The SMILES string of the molecule is O=C(O)c1cc(NCc2cccnc2)ncc1[N+](=O)[O-]. The monoisotopic (exact) mass is 274 g/mol. The van der Waals surface area contributed by atoms with Gasteiger partial charge in [-0.3, -0.25) is 15.1 Å². The summed E-state index contributed by atoms with van der Waals surface area (Å²) in [4.78, 5) is 28.7. The molecule has 2 N–H and O–H groups in total. The van der Waals surface area contributed by atoms with Crippen LogP contribution in [-0.4, -0.2) is 26.0 Å². The molecular formula is C12H10N4O4. The predicted molar refractivity (Wildman–Crippen MR) is 69.4 cm³/mol. The van der Waals surface area contributed by atoms with E-state index in [0.29, 0.717) is 6.54 Å². The van der Waals surface area contributed by atoms with Crippen LogP contribution in [0, 0.1) is 10.1 Å². The average molecular weight is 274 g/mol. The third kappa shape index (κ3) is 3.05. The molecular weight excluding hydrogens is 264 g/mol. The van der Waals surface area contributed by atoms with Gasteiger partial charge in [-0.25, -0.2) is 9.78 Å². The zero-order valence-corrected chi connectivity index (χ0v) is 10.2. The van der Waals surface area contributed by atoms with Gasteiger partial charge >= 0.3 is 11.7 Å². The van der Waals surface area contributed by atoms with Gasteiger partial charge in [0.1, 0.15) is 17.6 Å². The molecule has 0 aromatic carbocycles. The van der Waals surface area contributed by atoms with E-state index in [0.717, 1.165) is 17.8 Å². The van der Waals surface area contributed by atoms with Crippen molar-refractivity contribution in [2.24, 2.45) is 0 Å². The molecule has 0 saturated heterocycles. The van der Waals surface area contributed by atoms with E-state index in [2.05, 4.69) is 15.3 Å². The largest absolute Gasteiger partial charge is 0.477 e. The van der Waals surface area contributed by atoms with Crippen molar-refractivity contribution in [2.75, 3.05) is 5.32 Å². The minimum Gasteiger partial charge on any atom is -0.477 e. The molecule has 102 valence electrons. The number of nitrogens with zero attached hydrogens (tertiary/aromatic N) is 3. The topological polar surface area (TPSA) is 118 Å². The number of nitro groups is 1. The molecule has 0 aliphatic rings. The standard InChI is InChI=1S/C12H10N4O4/c17-12(18)9-4-11(15-7-10(9)16(19)20)14-6-8-2-1-3-13-5-8/h1-5,7H,6H2,(H,14,15)(H,17,18). The lowest BCUT2D eigenvalue weighted by Crippen LogP contribution is -2.07. The van der Waals surface area contributed by atoms with Gasteiger partial charge in [-0.05, 0) is 11.6 Å². The van der Waals surface area contributed by atoms with E-state index < -0.39 is 22.1 Å². The first-order chi connectivity index (χ1) is 9.58. The third-order valence-corrected chi connectivity index (χ3v) is 2.51. The number of rotatable bonds is 5. The Bertz CT molecular complexity index is 645. The lowest BCUT2D eigenvalue weighted by Gasteiger charge is -2.06. The van der Waals surface area contributed by atoms with Crippen LogP contribution in [0.3, 0.4) is 0 Å². The van der Waals surface area contributed by atoms with Crippen LogP contribution in [0.25, 0.3) is 0 Å². The van der Waals surface area contributed by atoms with Crippen LogP contribution in [0.1, 0.15) is 15.9 Å². The molecule has 0 fully saturated rings. The average Bonchev–Trinajstić information content (AvgIpc) is 2.45. The fraction of sp³-hybridized carbons (Fsp3) is 0.0833. The second kappa shape index (κ2) is 5.74. The molecule has 0 amide bonds. The van der Waals surface area contributed by atoms with Crippen molar-refractivity contribution >= 4 is 17.5 Å². The molecule has 2 aromatic rings. The summed E-state index contributed by atoms with van der Waals surface area (Å²) in [6.45, 7) is 0.387. The van der Waals surface area contributed by atoms with E-state index in [1.165, 1.54) is 0 Å². The molecule has 0 radical (unpaired) electrons. The lowest BCUT2D eigenvalue weighted by atomic mass is 10.2. The molecule has 0 saturated carbocycles. The molecule has 8 heteroatoms. The molecule has 0 aliphatic heterocycles. The maximum atomic E-state index is 11.0. The summed E-state index contributed by atoms with van der Waals surface area (Å²) in [6, 6.07) is 4.74. The van der Waals surface area contributed by atoms with Crippen LogP contribution in [-0.2, 0) is 6.54 Å². The first-order valence-corrected chi connectivity index (χ1v) is 5.58. The number of hydrogen-bond donors (Lipinski definition) is 2. The number of carboxylic acid groups (broad SMARTS) is 1. The number of hydrogen-bond acceptors (Lipinski definition) is 6. The van der Waals surface area contributed by atoms with Crippen molar-refractivity contribution in [3.8, 4) is 0 Å². The van der Waals surface area contributed by atoms with Gasteiger partial charge in [0, 0.05) is 25.0 Å². The summed E-state index contributed by atoms with van der Waals surface area (Å²) in [7, 11) is 0. The maximum Gasteiger partial charge on any atom is 0.342 e. The van der Waals surface area contributed by atoms with E-state index >= 15 is 0 Å². The highest BCUT2D eigenvalue weighted by molar-refractivity contribution is 5.93. The number of aromatic carboxylic acids is 1. The molecule has 0 bridgehead atoms. The Balaban J connectivity index is 2.19. The Morgan fingerprint density at radius 3 is 2.85 bits per heavy atom. The maximum absolute atomic E-state index is 11.0. The summed E-state index contributed by atoms with van der Waals surface area (Å²) in [6.07, 6.45) is 4.21. The summed E-state index contributed by atoms with van der Waals surface area (Å²) < 4.78 is 0. The van der Waals surface area contributed by atoms with Crippen molar-refractivity contribution in [1.82, 2.24) is 9.97 Å². The molecule has 0 spiro atoms. The first kappa shape index (κ1) is 13.4. The van der Waals surface area contributed by atoms with Gasteiger partial charge in [0.15, 0.2) is 0 Å². The lowest BCUT2D eigenvalue weighted by molar-refractivity contribution is -0.385. The molecule has 2 rings (SSSR count). The van der Waals surface area contributed by atoms with Crippen LogP contribution in [0.5, 0.6) is 0 Å². The molecule has 20 heavy (non-hydrogen) atoms. The number of nitrogens with one attached hydrogen (secondary N) is 1. The van der Waals surface area contributed by atoms with E-state index in [9.17, 15) is 14.9 Å². The smallest absolute Gasteiger partial charge is 0.342 e. The van der Waals surface area contributed by atoms with E-state index in [1.54, 1.807) is 18.5 Å². The number of carbonyl (C=O) groups is 1. The van der Waals surface area contributed by atoms with Gasteiger partial charge in [0.05, 0.1) is 4.92 Å². The van der Waals surface area contributed by atoms with Gasteiger partial charge in [0.2, 0.25) is 0 Å².